The highest BCUT2D eigenvalue weighted by molar-refractivity contribution is 7.86. The van der Waals surface area contributed by atoms with E-state index in [1.54, 1.807) is 6.20 Å². The summed E-state index contributed by atoms with van der Waals surface area (Å²) >= 11 is 0. The first-order chi connectivity index (χ1) is 9.55. The first-order valence-corrected chi connectivity index (χ1v) is 7.78. The summed E-state index contributed by atoms with van der Waals surface area (Å²) in [5.74, 6) is 0.772. The number of nitrogens with two attached hydrogens (primary N) is 1. The molecule has 0 atom stereocenters. The summed E-state index contributed by atoms with van der Waals surface area (Å²) in [6, 6.07) is 3.73. The summed E-state index contributed by atoms with van der Waals surface area (Å²) in [5, 5.41) is 13.2. The van der Waals surface area contributed by atoms with Gasteiger partial charge in [-0.05, 0) is 17.7 Å². The van der Waals surface area contributed by atoms with E-state index in [1.807, 2.05) is 24.3 Å². The molecule has 20 heavy (non-hydrogen) atoms. The lowest BCUT2D eigenvalue weighted by molar-refractivity contribution is 0.420. The second-order valence-electron chi connectivity index (χ2n) is 4.70. The van der Waals surface area contributed by atoms with E-state index in [9.17, 15) is 8.42 Å². The maximum absolute atomic E-state index is 11.4. The van der Waals surface area contributed by atoms with Crippen molar-refractivity contribution in [3.05, 3.63) is 41.8 Å². The molecule has 106 valence electrons. The molecular weight excluding hydrogens is 278 g/mol. The Morgan fingerprint density at radius 2 is 2.20 bits per heavy atom. The Labute approximate surface area is 117 Å². The molecule has 0 radical (unpaired) electrons. The molecule has 3 heterocycles. The molecule has 0 unspecified atom stereocenters. The van der Waals surface area contributed by atoms with Crippen LogP contribution in [0.2, 0.25) is 0 Å². The van der Waals surface area contributed by atoms with Gasteiger partial charge in [0.1, 0.15) is 0 Å². The fourth-order valence-corrected chi connectivity index (χ4v) is 3.17. The molecule has 0 spiro atoms. The van der Waals surface area contributed by atoms with Crippen LogP contribution in [0.25, 0.3) is 0 Å². The smallest absolute Gasteiger partial charge is 0.277 e. The van der Waals surface area contributed by atoms with E-state index in [-0.39, 0.29) is 0 Å². The van der Waals surface area contributed by atoms with E-state index in [0.717, 1.165) is 17.1 Å². The van der Waals surface area contributed by atoms with Gasteiger partial charge in [-0.25, -0.2) is 5.14 Å². The van der Waals surface area contributed by atoms with Crippen LogP contribution in [0.3, 0.4) is 0 Å². The predicted octanol–water partition coefficient (Wildman–Crippen LogP) is 0.0161. The summed E-state index contributed by atoms with van der Waals surface area (Å²) in [7, 11) is -3.64. The molecule has 2 aliphatic rings. The topological polar surface area (TPSA) is 92.4 Å². The first kappa shape index (κ1) is 13.2. The molecule has 0 fully saturated rings. The highest BCUT2D eigenvalue weighted by Gasteiger charge is 2.29. The van der Waals surface area contributed by atoms with Crippen LogP contribution in [-0.4, -0.2) is 42.6 Å². The van der Waals surface area contributed by atoms with E-state index < -0.39 is 10.2 Å². The van der Waals surface area contributed by atoms with Crippen molar-refractivity contribution in [2.45, 2.75) is 6.42 Å². The number of anilines is 1. The van der Waals surface area contributed by atoms with Crippen LogP contribution < -0.4 is 10.0 Å². The van der Waals surface area contributed by atoms with Crippen LogP contribution in [0, 0.1) is 0 Å². The van der Waals surface area contributed by atoms with Crippen LogP contribution >= 0.6 is 0 Å². The van der Waals surface area contributed by atoms with Gasteiger partial charge < -0.3 is 4.90 Å². The van der Waals surface area contributed by atoms with Gasteiger partial charge in [-0.2, -0.15) is 17.8 Å². The molecule has 3 rings (SSSR count). The van der Waals surface area contributed by atoms with Gasteiger partial charge in [-0.3, -0.25) is 0 Å². The third-order valence-corrected chi connectivity index (χ3v) is 4.47. The number of hydrogen-bond donors (Lipinski definition) is 1. The third kappa shape index (κ3) is 2.45. The summed E-state index contributed by atoms with van der Waals surface area (Å²) in [4.78, 5) is 2.06. The Hall–Kier alpha value is -1.77. The average molecular weight is 293 g/mol. The van der Waals surface area contributed by atoms with E-state index in [1.165, 1.54) is 4.31 Å². The minimum atomic E-state index is -3.64. The van der Waals surface area contributed by atoms with E-state index >= 15 is 0 Å². The van der Waals surface area contributed by atoms with Gasteiger partial charge in [0.05, 0.1) is 0 Å². The minimum Gasteiger partial charge on any atom is -0.324 e. The summed E-state index contributed by atoms with van der Waals surface area (Å²) in [6.45, 7) is 1.41. The van der Waals surface area contributed by atoms with Crippen molar-refractivity contribution in [2.24, 2.45) is 5.14 Å². The zero-order valence-electron chi connectivity index (χ0n) is 10.8. The lowest BCUT2D eigenvalue weighted by atomic mass is 10.0. The molecule has 2 aliphatic heterocycles. The summed E-state index contributed by atoms with van der Waals surface area (Å²) in [6.07, 6.45) is 6.19. The second-order valence-corrected chi connectivity index (χ2v) is 6.24. The summed E-state index contributed by atoms with van der Waals surface area (Å²) < 4.78 is 24.2. The Kier molecular flexibility index (Phi) is 3.28. The fraction of sp³-hybridized carbons (Fsp3) is 0.333. The standard InChI is InChI=1S/C12H15N5O2S/c13-20(18,19)16-8-5-11-10(9-16)3-2-7-17(11)12-4-1-6-14-15-12/h1-4,6H,5,7-9H2,(H2,13,18,19). The Morgan fingerprint density at radius 1 is 1.35 bits per heavy atom. The van der Waals surface area contributed by atoms with Gasteiger partial charge in [0.25, 0.3) is 10.2 Å². The van der Waals surface area contributed by atoms with Gasteiger partial charge in [0.15, 0.2) is 5.82 Å². The van der Waals surface area contributed by atoms with E-state index in [4.69, 9.17) is 5.14 Å². The molecule has 0 saturated carbocycles. The van der Waals surface area contributed by atoms with Gasteiger partial charge in [-0.1, -0.05) is 12.2 Å². The van der Waals surface area contributed by atoms with Gasteiger partial charge in [-0.15, -0.1) is 5.10 Å². The molecule has 2 N–H and O–H groups in total. The lowest BCUT2D eigenvalue weighted by Crippen LogP contribution is -2.44. The van der Waals surface area contributed by atoms with Crippen LogP contribution in [0.5, 0.6) is 0 Å². The zero-order chi connectivity index (χ0) is 14.2. The molecule has 1 aromatic rings. The van der Waals surface area contributed by atoms with Crippen LogP contribution in [-0.2, 0) is 10.2 Å². The van der Waals surface area contributed by atoms with Crippen molar-refractivity contribution >= 4 is 16.0 Å². The Morgan fingerprint density at radius 3 is 2.90 bits per heavy atom. The number of aromatic nitrogens is 2. The quantitative estimate of drug-likeness (QED) is 0.829. The monoisotopic (exact) mass is 293 g/mol. The molecule has 1 aromatic heterocycles. The second kappa shape index (κ2) is 4.97. The molecule has 0 bridgehead atoms. The maximum Gasteiger partial charge on any atom is 0.277 e. The number of hydrogen-bond acceptors (Lipinski definition) is 5. The number of rotatable bonds is 2. The van der Waals surface area contributed by atoms with Crippen LogP contribution in [0.15, 0.2) is 41.8 Å². The van der Waals surface area contributed by atoms with Crippen molar-refractivity contribution in [3.8, 4) is 0 Å². The Balaban J connectivity index is 1.92. The lowest BCUT2D eigenvalue weighted by Gasteiger charge is -2.35. The summed E-state index contributed by atoms with van der Waals surface area (Å²) in [5.41, 5.74) is 2.05. The SMILES string of the molecule is NS(=O)(=O)N1CCC2=C(C=CCN2c2cccnn2)C1. The molecule has 0 amide bonds. The first-order valence-electron chi connectivity index (χ1n) is 6.27. The molecular formula is C12H15N5O2S. The Bertz CT molecular complexity index is 668. The maximum atomic E-state index is 11.4. The largest absolute Gasteiger partial charge is 0.324 e. The van der Waals surface area contributed by atoms with Crippen LogP contribution in [0.1, 0.15) is 6.42 Å². The molecule has 0 saturated heterocycles. The average Bonchev–Trinajstić information content (AvgIpc) is 2.46. The molecule has 8 heteroatoms. The van der Waals surface area contributed by atoms with Gasteiger partial charge in [0, 0.05) is 37.9 Å². The fourth-order valence-electron chi connectivity index (χ4n) is 2.51. The van der Waals surface area contributed by atoms with E-state index in [2.05, 4.69) is 15.1 Å². The molecule has 7 nitrogen and oxygen atoms in total. The van der Waals surface area contributed by atoms with Gasteiger partial charge in [0.2, 0.25) is 0 Å². The van der Waals surface area contributed by atoms with Crippen molar-refractivity contribution < 1.29 is 8.42 Å². The highest BCUT2D eigenvalue weighted by atomic mass is 32.2. The van der Waals surface area contributed by atoms with Crippen molar-refractivity contribution in [3.63, 3.8) is 0 Å². The van der Waals surface area contributed by atoms with Crippen molar-refractivity contribution in [1.82, 2.24) is 14.5 Å². The zero-order valence-corrected chi connectivity index (χ0v) is 11.6. The molecule has 0 aromatic carbocycles. The predicted molar refractivity (Wildman–Crippen MR) is 74.8 cm³/mol. The minimum absolute atomic E-state index is 0.307. The van der Waals surface area contributed by atoms with Gasteiger partial charge >= 0.3 is 0 Å². The highest BCUT2D eigenvalue weighted by Crippen LogP contribution is 2.29. The van der Waals surface area contributed by atoms with Crippen molar-refractivity contribution in [1.29, 1.82) is 0 Å². The van der Waals surface area contributed by atoms with Crippen LogP contribution in [0.4, 0.5) is 5.82 Å². The van der Waals surface area contributed by atoms with Crippen molar-refractivity contribution in [2.75, 3.05) is 24.5 Å². The third-order valence-electron chi connectivity index (χ3n) is 3.44. The normalized spacial score (nSPS) is 20.1. The molecule has 0 aliphatic carbocycles. The van der Waals surface area contributed by atoms with E-state index in [0.29, 0.717) is 26.1 Å². The number of nitrogens with zero attached hydrogens (tertiary/aromatic N) is 4.